The number of benzene rings is 2. The third kappa shape index (κ3) is 6.32. The predicted molar refractivity (Wildman–Crippen MR) is 124 cm³/mol. The molecule has 0 unspecified atom stereocenters. The Morgan fingerprint density at radius 1 is 1.16 bits per heavy atom. The Hall–Kier alpha value is -2.88. The van der Waals surface area contributed by atoms with E-state index in [1.807, 2.05) is 0 Å². The van der Waals surface area contributed by atoms with Crippen molar-refractivity contribution in [3.8, 4) is 0 Å². The van der Waals surface area contributed by atoms with E-state index in [4.69, 9.17) is 23.2 Å². The first kappa shape index (κ1) is 23.8. The normalized spacial score (nSPS) is 10.6. The molecule has 0 radical (unpaired) electrons. The van der Waals surface area contributed by atoms with Crippen LogP contribution in [0.2, 0.25) is 10.0 Å². The average Bonchev–Trinajstić information content (AvgIpc) is 3.15. The molecule has 7 nitrogen and oxygen atoms in total. The number of hydrogen-bond donors (Lipinski definition) is 2. The van der Waals surface area contributed by atoms with Gasteiger partial charge in [-0.1, -0.05) is 41.0 Å². The first-order valence-corrected chi connectivity index (χ1v) is 11.1. The third-order valence-electron chi connectivity index (χ3n) is 4.15. The van der Waals surface area contributed by atoms with Gasteiger partial charge in [-0.2, -0.15) is 0 Å². The van der Waals surface area contributed by atoms with Crippen molar-refractivity contribution >= 4 is 52.5 Å². The summed E-state index contributed by atoms with van der Waals surface area (Å²) in [6.07, 6.45) is 1.67. The molecule has 2 N–H and O–H groups in total. The fraction of sp³-hybridized carbons (Fsp3) is 0.143. The molecule has 1 aromatic heterocycles. The lowest BCUT2D eigenvalue weighted by atomic mass is 10.2. The Labute approximate surface area is 198 Å². The number of amides is 2. The number of nitrogens with zero attached hydrogens (tertiary/aromatic N) is 3. The fourth-order valence-corrected chi connectivity index (χ4v) is 3.71. The van der Waals surface area contributed by atoms with Gasteiger partial charge in [0.15, 0.2) is 11.0 Å². The van der Waals surface area contributed by atoms with E-state index in [1.165, 1.54) is 30.0 Å². The van der Waals surface area contributed by atoms with Crippen LogP contribution in [0.4, 0.5) is 10.1 Å². The summed E-state index contributed by atoms with van der Waals surface area (Å²) in [5.41, 5.74) is 0.858. The molecule has 3 rings (SSSR count). The molecule has 0 bridgehead atoms. The highest BCUT2D eigenvalue weighted by Crippen LogP contribution is 2.21. The van der Waals surface area contributed by atoms with Crippen LogP contribution in [-0.4, -0.2) is 32.3 Å². The standard InChI is InChI=1S/C21H18Cl2FN5O2S/c1-2-9-29-18(11-25-20(31)13-3-5-14(22)6-4-13)27-28-21(29)32-12-19(30)26-15-7-8-17(24)16(23)10-15/h2-8,10H,1,9,11-12H2,(H,25,31)(H,26,30). The van der Waals surface area contributed by atoms with E-state index in [0.29, 0.717) is 33.8 Å². The van der Waals surface area contributed by atoms with Crippen LogP contribution in [0.15, 0.2) is 60.3 Å². The Morgan fingerprint density at radius 3 is 2.59 bits per heavy atom. The molecule has 0 saturated carbocycles. The lowest BCUT2D eigenvalue weighted by molar-refractivity contribution is -0.113. The van der Waals surface area contributed by atoms with Crippen LogP contribution in [0.5, 0.6) is 0 Å². The molecule has 1 heterocycles. The topological polar surface area (TPSA) is 88.9 Å². The number of rotatable bonds is 9. The molecule has 166 valence electrons. The van der Waals surface area contributed by atoms with E-state index in [0.717, 1.165) is 0 Å². The number of carbonyl (C=O) groups excluding carboxylic acids is 2. The van der Waals surface area contributed by atoms with Crippen LogP contribution < -0.4 is 10.6 Å². The highest BCUT2D eigenvalue weighted by atomic mass is 35.5. The number of thioether (sulfide) groups is 1. The van der Waals surface area contributed by atoms with Crippen LogP contribution in [0, 0.1) is 5.82 Å². The minimum Gasteiger partial charge on any atom is -0.345 e. The van der Waals surface area contributed by atoms with Crippen molar-refractivity contribution in [2.75, 3.05) is 11.1 Å². The molecule has 0 atom stereocenters. The van der Waals surface area contributed by atoms with Crippen LogP contribution in [-0.2, 0) is 17.9 Å². The van der Waals surface area contributed by atoms with Gasteiger partial charge in [0.1, 0.15) is 5.82 Å². The average molecular weight is 494 g/mol. The molecule has 3 aromatic rings. The van der Waals surface area contributed by atoms with Gasteiger partial charge in [0, 0.05) is 22.8 Å². The highest BCUT2D eigenvalue weighted by Gasteiger charge is 2.15. The monoisotopic (exact) mass is 493 g/mol. The molecule has 2 aromatic carbocycles. The number of anilines is 1. The first-order valence-electron chi connectivity index (χ1n) is 9.32. The summed E-state index contributed by atoms with van der Waals surface area (Å²) in [6.45, 7) is 4.27. The van der Waals surface area contributed by atoms with Crippen molar-refractivity contribution in [1.82, 2.24) is 20.1 Å². The lowest BCUT2D eigenvalue weighted by Crippen LogP contribution is -2.24. The quantitative estimate of drug-likeness (QED) is 0.336. The van der Waals surface area contributed by atoms with Gasteiger partial charge in [-0.3, -0.25) is 9.59 Å². The zero-order valence-electron chi connectivity index (χ0n) is 16.6. The summed E-state index contributed by atoms with van der Waals surface area (Å²) in [4.78, 5) is 24.6. The minimum atomic E-state index is -0.563. The van der Waals surface area contributed by atoms with Gasteiger partial charge < -0.3 is 15.2 Å². The zero-order chi connectivity index (χ0) is 23.1. The second kappa shape index (κ2) is 11.1. The molecule has 32 heavy (non-hydrogen) atoms. The number of nitrogens with one attached hydrogen (secondary N) is 2. The molecule has 0 fully saturated rings. The number of aromatic nitrogens is 3. The molecule has 0 saturated heterocycles. The maximum atomic E-state index is 13.2. The molecule has 0 aliphatic rings. The zero-order valence-corrected chi connectivity index (χ0v) is 19.0. The van der Waals surface area contributed by atoms with Gasteiger partial charge in [0.2, 0.25) is 5.91 Å². The van der Waals surface area contributed by atoms with Crippen molar-refractivity contribution in [3.05, 3.63) is 82.4 Å². The first-order chi connectivity index (χ1) is 15.4. The van der Waals surface area contributed by atoms with E-state index in [1.54, 1.807) is 34.9 Å². The predicted octanol–water partition coefficient (Wildman–Crippen LogP) is 4.57. The Kier molecular flexibility index (Phi) is 8.26. The summed E-state index contributed by atoms with van der Waals surface area (Å²) < 4.78 is 15.0. The molecule has 11 heteroatoms. The summed E-state index contributed by atoms with van der Waals surface area (Å²) in [5.74, 6) is -0.598. The molecule has 0 spiro atoms. The summed E-state index contributed by atoms with van der Waals surface area (Å²) >= 11 is 12.7. The van der Waals surface area contributed by atoms with Crippen molar-refractivity contribution in [2.24, 2.45) is 0 Å². The van der Waals surface area contributed by atoms with Crippen molar-refractivity contribution < 1.29 is 14.0 Å². The van der Waals surface area contributed by atoms with E-state index < -0.39 is 5.82 Å². The molecule has 0 aliphatic carbocycles. The van der Waals surface area contributed by atoms with Crippen LogP contribution >= 0.6 is 35.0 Å². The van der Waals surface area contributed by atoms with Crippen molar-refractivity contribution in [3.63, 3.8) is 0 Å². The van der Waals surface area contributed by atoms with Crippen molar-refractivity contribution in [1.29, 1.82) is 0 Å². The van der Waals surface area contributed by atoms with Gasteiger partial charge in [-0.05, 0) is 42.5 Å². The van der Waals surface area contributed by atoms with E-state index in [9.17, 15) is 14.0 Å². The third-order valence-corrected chi connectivity index (χ3v) is 5.66. The van der Waals surface area contributed by atoms with Gasteiger partial charge in [0.05, 0.1) is 17.3 Å². The molecule has 2 amide bonds. The van der Waals surface area contributed by atoms with Crippen LogP contribution in [0.1, 0.15) is 16.2 Å². The molecular formula is C21H18Cl2FN5O2S. The summed E-state index contributed by atoms with van der Waals surface area (Å²) in [6, 6.07) is 10.5. The van der Waals surface area contributed by atoms with Gasteiger partial charge >= 0.3 is 0 Å². The summed E-state index contributed by atoms with van der Waals surface area (Å²) in [5, 5.41) is 14.6. The fourth-order valence-electron chi connectivity index (χ4n) is 2.63. The van der Waals surface area contributed by atoms with E-state index in [-0.39, 0.29) is 29.1 Å². The number of hydrogen-bond acceptors (Lipinski definition) is 5. The maximum absolute atomic E-state index is 13.2. The number of allylic oxidation sites excluding steroid dienone is 1. The Morgan fingerprint density at radius 2 is 1.91 bits per heavy atom. The molecular weight excluding hydrogens is 476 g/mol. The summed E-state index contributed by atoms with van der Waals surface area (Å²) in [7, 11) is 0. The maximum Gasteiger partial charge on any atom is 0.251 e. The smallest absolute Gasteiger partial charge is 0.251 e. The number of carbonyl (C=O) groups is 2. The minimum absolute atomic E-state index is 0.0431. The second-order valence-electron chi connectivity index (χ2n) is 6.45. The lowest BCUT2D eigenvalue weighted by Gasteiger charge is -2.09. The Bertz CT molecular complexity index is 1140. The Balaban J connectivity index is 1.60. The van der Waals surface area contributed by atoms with Crippen LogP contribution in [0.3, 0.4) is 0 Å². The van der Waals surface area contributed by atoms with E-state index >= 15 is 0 Å². The SMILES string of the molecule is C=CCn1c(CNC(=O)c2ccc(Cl)cc2)nnc1SCC(=O)Nc1ccc(F)c(Cl)c1. The van der Waals surface area contributed by atoms with Gasteiger partial charge in [0.25, 0.3) is 5.91 Å². The number of halogens is 3. The van der Waals surface area contributed by atoms with Gasteiger partial charge in [-0.25, -0.2) is 4.39 Å². The van der Waals surface area contributed by atoms with Crippen LogP contribution in [0.25, 0.3) is 0 Å². The highest BCUT2D eigenvalue weighted by molar-refractivity contribution is 7.99. The van der Waals surface area contributed by atoms with E-state index in [2.05, 4.69) is 27.4 Å². The second-order valence-corrected chi connectivity index (χ2v) is 8.24. The van der Waals surface area contributed by atoms with Crippen molar-refractivity contribution in [2.45, 2.75) is 18.2 Å². The van der Waals surface area contributed by atoms with Gasteiger partial charge in [-0.15, -0.1) is 16.8 Å². The molecule has 0 aliphatic heterocycles. The largest absolute Gasteiger partial charge is 0.345 e.